The summed E-state index contributed by atoms with van der Waals surface area (Å²) in [6.45, 7) is 0. The number of alkyl halides is 1. The fourth-order valence-corrected chi connectivity index (χ4v) is 2.76. The molecular weight excluding hydrogens is 292 g/mol. The first-order chi connectivity index (χ1) is 8.72. The van der Waals surface area contributed by atoms with E-state index in [1.807, 2.05) is 25.4 Å². The van der Waals surface area contributed by atoms with Crippen molar-refractivity contribution < 1.29 is 4.79 Å². The first-order valence-corrected chi connectivity index (χ1v) is 7.63. The van der Waals surface area contributed by atoms with Crippen molar-refractivity contribution in [2.45, 2.75) is 37.4 Å². The summed E-state index contributed by atoms with van der Waals surface area (Å²) in [7, 11) is 1.83. The van der Waals surface area contributed by atoms with Crippen molar-refractivity contribution in [3.8, 4) is 0 Å². The number of hydrogen-bond acceptors (Lipinski definition) is 2. The zero-order valence-corrected chi connectivity index (χ0v) is 12.3. The van der Waals surface area contributed by atoms with E-state index in [-0.39, 0.29) is 11.8 Å². The van der Waals surface area contributed by atoms with Gasteiger partial charge < -0.3 is 0 Å². The van der Waals surface area contributed by atoms with Crippen LogP contribution in [0.2, 0.25) is 0 Å². The molecule has 1 aliphatic rings. The van der Waals surface area contributed by atoms with E-state index in [1.165, 1.54) is 19.3 Å². The van der Waals surface area contributed by atoms with Gasteiger partial charge in [-0.15, -0.1) is 0 Å². The van der Waals surface area contributed by atoms with Crippen LogP contribution < -0.4 is 4.90 Å². The summed E-state index contributed by atoms with van der Waals surface area (Å²) in [5, 5.41) is 0.792. The van der Waals surface area contributed by atoms with E-state index in [0.717, 1.165) is 29.6 Å². The van der Waals surface area contributed by atoms with Crippen LogP contribution in [0.5, 0.6) is 0 Å². The molecule has 4 heteroatoms. The number of pyridine rings is 1. The third kappa shape index (κ3) is 3.10. The van der Waals surface area contributed by atoms with Gasteiger partial charge >= 0.3 is 0 Å². The molecule has 1 aliphatic carbocycles. The summed E-state index contributed by atoms with van der Waals surface area (Å²) in [5.74, 6) is 1.16. The molecule has 1 fully saturated rings. The Labute approximate surface area is 117 Å². The van der Waals surface area contributed by atoms with Gasteiger partial charge in [-0.1, -0.05) is 41.3 Å². The molecule has 1 heterocycles. The average Bonchev–Trinajstić information content (AvgIpc) is 2.47. The highest BCUT2D eigenvalue weighted by Crippen LogP contribution is 2.26. The zero-order chi connectivity index (χ0) is 13.0. The lowest BCUT2D eigenvalue weighted by Crippen LogP contribution is -2.34. The lowest BCUT2D eigenvalue weighted by atomic mass is 9.88. The van der Waals surface area contributed by atoms with E-state index in [1.54, 1.807) is 4.90 Å². The summed E-state index contributed by atoms with van der Waals surface area (Å²) in [4.78, 5) is 18.4. The molecule has 0 spiro atoms. The second-order valence-electron chi connectivity index (χ2n) is 4.89. The third-order valence-corrected chi connectivity index (χ3v) is 4.24. The van der Waals surface area contributed by atoms with Gasteiger partial charge in [0, 0.05) is 24.5 Å². The minimum atomic E-state index is 0.196. The van der Waals surface area contributed by atoms with Crippen LogP contribution in [0, 0.1) is 5.92 Å². The van der Waals surface area contributed by atoms with Crippen LogP contribution in [0.3, 0.4) is 0 Å². The lowest BCUT2D eigenvalue weighted by molar-refractivity contribution is -0.123. The first-order valence-electron chi connectivity index (χ1n) is 6.51. The standard InChI is InChI=1S/C14H19BrN2O/c1-17(13-8-7-11(9-15)10-16-13)14(18)12-5-3-2-4-6-12/h7-8,10,12H,2-6,9H2,1H3. The van der Waals surface area contributed by atoms with Crippen LogP contribution in [0.25, 0.3) is 0 Å². The maximum Gasteiger partial charge on any atom is 0.230 e. The van der Waals surface area contributed by atoms with Gasteiger partial charge in [0.1, 0.15) is 5.82 Å². The summed E-state index contributed by atoms with van der Waals surface area (Å²) in [6.07, 6.45) is 7.51. The van der Waals surface area contributed by atoms with Crippen molar-refractivity contribution in [2.24, 2.45) is 5.92 Å². The number of carbonyl (C=O) groups is 1. The number of hydrogen-bond donors (Lipinski definition) is 0. The Hall–Kier alpha value is -0.900. The van der Waals surface area contributed by atoms with Gasteiger partial charge in [-0.05, 0) is 24.5 Å². The number of amides is 1. The molecule has 1 aromatic heterocycles. The molecule has 1 amide bonds. The molecule has 1 saturated carbocycles. The molecule has 0 bridgehead atoms. The van der Waals surface area contributed by atoms with Crippen molar-refractivity contribution in [2.75, 3.05) is 11.9 Å². The largest absolute Gasteiger partial charge is 0.300 e. The van der Waals surface area contributed by atoms with Crippen LogP contribution in [0.15, 0.2) is 18.3 Å². The normalized spacial score (nSPS) is 16.6. The molecule has 0 aliphatic heterocycles. The summed E-state index contributed by atoms with van der Waals surface area (Å²) in [6, 6.07) is 3.92. The van der Waals surface area contributed by atoms with Crippen molar-refractivity contribution in [3.63, 3.8) is 0 Å². The van der Waals surface area contributed by atoms with Crippen LogP contribution in [0.4, 0.5) is 5.82 Å². The first kappa shape index (κ1) is 13.5. The number of halogens is 1. The van der Waals surface area contributed by atoms with E-state index in [9.17, 15) is 4.79 Å². The second-order valence-corrected chi connectivity index (χ2v) is 5.45. The molecule has 0 atom stereocenters. The molecule has 0 aromatic carbocycles. The highest BCUT2D eigenvalue weighted by atomic mass is 79.9. The minimum Gasteiger partial charge on any atom is -0.300 e. The van der Waals surface area contributed by atoms with Crippen molar-refractivity contribution in [3.05, 3.63) is 23.9 Å². The van der Waals surface area contributed by atoms with E-state index >= 15 is 0 Å². The Morgan fingerprint density at radius 3 is 2.67 bits per heavy atom. The van der Waals surface area contributed by atoms with Crippen molar-refractivity contribution in [1.82, 2.24) is 4.98 Å². The molecule has 98 valence electrons. The lowest BCUT2D eigenvalue weighted by Gasteiger charge is -2.25. The quantitative estimate of drug-likeness (QED) is 0.800. The predicted octanol–water partition coefficient (Wildman–Crippen LogP) is 3.52. The molecule has 1 aromatic rings. The molecule has 3 nitrogen and oxygen atoms in total. The fourth-order valence-electron chi connectivity index (χ4n) is 2.43. The van der Waals surface area contributed by atoms with Gasteiger partial charge in [-0.25, -0.2) is 4.98 Å². The minimum absolute atomic E-state index is 0.196. The van der Waals surface area contributed by atoms with Gasteiger partial charge in [0.2, 0.25) is 5.91 Å². The van der Waals surface area contributed by atoms with Gasteiger partial charge in [-0.2, -0.15) is 0 Å². The molecule has 18 heavy (non-hydrogen) atoms. The zero-order valence-electron chi connectivity index (χ0n) is 10.7. The fraction of sp³-hybridized carbons (Fsp3) is 0.571. The molecular formula is C14H19BrN2O. The smallest absolute Gasteiger partial charge is 0.230 e. The highest BCUT2D eigenvalue weighted by Gasteiger charge is 2.25. The van der Waals surface area contributed by atoms with E-state index in [0.29, 0.717) is 0 Å². The number of anilines is 1. The summed E-state index contributed by atoms with van der Waals surface area (Å²) < 4.78 is 0. The van der Waals surface area contributed by atoms with Crippen LogP contribution >= 0.6 is 15.9 Å². The SMILES string of the molecule is CN(C(=O)C1CCCCC1)c1ccc(CBr)cn1. The van der Waals surface area contributed by atoms with Crippen LogP contribution in [0.1, 0.15) is 37.7 Å². The maximum absolute atomic E-state index is 12.3. The predicted molar refractivity (Wildman–Crippen MR) is 76.9 cm³/mol. The topological polar surface area (TPSA) is 33.2 Å². The molecule has 0 saturated heterocycles. The summed E-state index contributed by atoms with van der Waals surface area (Å²) >= 11 is 3.39. The molecule has 0 radical (unpaired) electrons. The highest BCUT2D eigenvalue weighted by molar-refractivity contribution is 9.08. The monoisotopic (exact) mass is 310 g/mol. The van der Waals surface area contributed by atoms with Gasteiger partial charge in [0.15, 0.2) is 0 Å². The molecule has 0 unspecified atom stereocenters. The number of carbonyl (C=O) groups excluding carboxylic acids is 1. The van der Waals surface area contributed by atoms with Crippen LogP contribution in [-0.4, -0.2) is 17.9 Å². The van der Waals surface area contributed by atoms with E-state index < -0.39 is 0 Å². The Bertz CT molecular complexity index is 399. The van der Waals surface area contributed by atoms with Crippen molar-refractivity contribution in [1.29, 1.82) is 0 Å². The Morgan fingerprint density at radius 2 is 2.11 bits per heavy atom. The average molecular weight is 311 g/mol. The Morgan fingerprint density at radius 1 is 1.39 bits per heavy atom. The van der Waals surface area contributed by atoms with Crippen molar-refractivity contribution >= 4 is 27.7 Å². The van der Waals surface area contributed by atoms with Gasteiger partial charge in [-0.3, -0.25) is 9.69 Å². The van der Waals surface area contributed by atoms with E-state index in [2.05, 4.69) is 20.9 Å². The third-order valence-electron chi connectivity index (χ3n) is 3.59. The van der Waals surface area contributed by atoms with Crippen LogP contribution in [-0.2, 0) is 10.1 Å². The van der Waals surface area contributed by atoms with Gasteiger partial charge in [0.25, 0.3) is 0 Å². The Balaban J connectivity index is 2.04. The molecule has 2 rings (SSSR count). The van der Waals surface area contributed by atoms with E-state index in [4.69, 9.17) is 0 Å². The summed E-state index contributed by atoms with van der Waals surface area (Å²) in [5.41, 5.74) is 1.12. The maximum atomic E-state index is 12.3. The number of aromatic nitrogens is 1. The second kappa shape index (κ2) is 6.32. The molecule has 0 N–H and O–H groups in total. The number of nitrogens with zero attached hydrogens (tertiary/aromatic N) is 2. The Kier molecular flexibility index (Phi) is 4.75. The number of rotatable bonds is 3. The van der Waals surface area contributed by atoms with Gasteiger partial charge in [0.05, 0.1) is 0 Å².